The molecule has 9 nitrogen and oxygen atoms in total. The molecule has 4 rings (SSSR count). The van der Waals surface area contributed by atoms with Gasteiger partial charge in [-0.1, -0.05) is 23.7 Å². The molecule has 1 aliphatic rings. The van der Waals surface area contributed by atoms with Crippen molar-refractivity contribution in [2.75, 3.05) is 13.7 Å². The van der Waals surface area contributed by atoms with E-state index in [0.29, 0.717) is 35.1 Å². The summed E-state index contributed by atoms with van der Waals surface area (Å²) >= 11 is 5.89. The van der Waals surface area contributed by atoms with E-state index in [0.717, 1.165) is 17.5 Å². The van der Waals surface area contributed by atoms with Gasteiger partial charge in [-0.3, -0.25) is 0 Å². The van der Waals surface area contributed by atoms with E-state index in [1.165, 1.54) is 19.4 Å². The number of aromatic nitrogens is 1. The second-order valence-corrected chi connectivity index (χ2v) is 11.0. The third-order valence-corrected chi connectivity index (χ3v) is 6.81. The predicted octanol–water partition coefficient (Wildman–Crippen LogP) is 6.06. The van der Waals surface area contributed by atoms with E-state index >= 15 is 0 Å². The van der Waals surface area contributed by atoms with Gasteiger partial charge in [0, 0.05) is 17.8 Å². The molecule has 1 aromatic heterocycles. The van der Waals surface area contributed by atoms with Crippen molar-refractivity contribution < 1.29 is 34.0 Å². The average Bonchev–Trinajstić information content (AvgIpc) is 2.90. The highest BCUT2D eigenvalue weighted by Crippen LogP contribution is 2.33. The van der Waals surface area contributed by atoms with Crippen LogP contribution < -0.4 is 9.47 Å². The van der Waals surface area contributed by atoms with Crippen LogP contribution in [-0.4, -0.2) is 57.5 Å². The summed E-state index contributed by atoms with van der Waals surface area (Å²) in [6.45, 7) is 5.43. The van der Waals surface area contributed by atoms with Gasteiger partial charge in [0.15, 0.2) is 0 Å². The lowest BCUT2D eigenvalue weighted by Crippen LogP contribution is -2.47. The number of fused-ring (bicyclic) bond motifs is 1. The van der Waals surface area contributed by atoms with Crippen molar-refractivity contribution in [1.82, 2.24) is 9.88 Å². The third kappa shape index (κ3) is 7.22. The minimum atomic E-state index is -1.12. The Balaban J connectivity index is 1.56. The molecular formula is C30H33ClN2O7. The normalized spacial score (nSPS) is 15.5. The zero-order valence-electron chi connectivity index (χ0n) is 22.9. The summed E-state index contributed by atoms with van der Waals surface area (Å²) < 4.78 is 16.8. The van der Waals surface area contributed by atoms with Crippen LogP contribution >= 0.6 is 11.6 Å². The molecule has 212 valence electrons. The van der Waals surface area contributed by atoms with Gasteiger partial charge in [-0.2, -0.15) is 0 Å². The van der Waals surface area contributed by atoms with Crippen LogP contribution in [0.1, 0.15) is 60.3 Å². The van der Waals surface area contributed by atoms with Crippen LogP contribution in [0.2, 0.25) is 5.15 Å². The van der Waals surface area contributed by atoms with Gasteiger partial charge < -0.3 is 29.3 Å². The average molecular weight is 569 g/mol. The SMILES string of the molecule is COc1ccc(Oc2ccc3c(c2)C[C@@H](N(C[C@H](O)c2ccc(Cl)nc2)C(=O)OC(C)(C)C)CC3)cc1C(=O)O. The maximum absolute atomic E-state index is 13.3. The van der Waals surface area contributed by atoms with Crippen molar-refractivity contribution in [2.45, 2.75) is 57.8 Å². The number of aromatic carboxylic acids is 1. The number of aryl methyl sites for hydroxylation is 1. The molecule has 0 spiro atoms. The summed E-state index contributed by atoms with van der Waals surface area (Å²) in [6.07, 6.45) is 1.96. The van der Waals surface area contributed by atoms with Crippen molar-refractivity contribution in [2.24, 2.45) is 0 Å². The first-order chi connectivity index (χ1) is 18.9. The molecule has 0 aliphatic heterocycles. The van der Waals surface area contributed by atoms with E-state index in [-0.39, 0.29) is 23.9 Å². The highest BCUT2D eigenvalue weighted by atomic mass is 35.5. The first-order valence-electron chi connectivity index (χ1n) is 12.9. The van der Waals surface area contributed by atoms with Crippen LogP contribution in [0.15, 0.2) is 54.7 Å². The predicted molar refractivity (Wildman–Crippen MR) is 149 cm³/mol. The summed E-state index contributed by atoms with van der Waals surface area (Å²) in [4.78, 5) is 30.5. The smallest absolute Gasteiger partial charge is 0.410 e. The van der Waals surface area contributed by atoms with Crippen molar-refractivity contribution in [3.8, 4) is 17.2 Å². The van der Waals surface area contributed by atoms with Crippen LogP contribution in [0.5, 0.6) is 17.2 Å². The Morgan fingerprint density at radius 2 is 1.82 bits per heavy atom. The maximum atomic E-state index is 13.3. The fourth-order valence-corrected chi connectivity index (χ4v) is 4.78. The zero-order valence-corrected chi connectivity index (χ0v) is 23.6. The van der Waals surface area contributed by atoms with Gasteiger partial charge >= 0.3 is 12.1 Å². The Kier molecular flexibility index (Phi) is 8.85. The number of ether oxygens (including phenoxy) is 3. The monoisotopic (exact) mass is 568 g/mol. The molecule has 1 heterocycles. The number of carbonyl (C=O) groups is 2. The molecule has 1 amide bonds. The quantitative estimate of drug-likeness (QED) is 0.315. The van der Waals surface area contributed by atoms with Crippen LogP contribution in [0, 0.1) is 0 Å². The molecule has 10 heteroatoms. The number of aliphatic hydroxyl groups is 1. The van der Waals surface area contributed by atoms with Crippen LogP contribution in [0.3, 0.4) is 0 Å². The summed E-state index contributed by atoms with van der Waals surface area (Å²) in [6, 6.07) is 13.4. The second kappa shape index (κ2) is 12.1. The van der Waals surface area contributed by atoms with E-state index in [1.807, 2.05) is 18.2 Å². The Hall–Kier alpha value is -3.82. The topological polar surface area (TPSA) is 118 Å². The molecule has 1 aliphatic carbocycles. The first-order valence-corrected chi connectivity index (χ1v) is 13.3. The Bertz CT molecular complexity index is 1370. The fourth-order valence-electron chi connectivity index (χ4n) is 4.67. The largest absolute Gasteiger partial charge is 0.496 e. The molecular weight excluding hydrogens is 536 g/mol. The number of pyridine rings is 1. The summed E-state index contributed by atoms with van der Waals surface area (Å²) in [5, 5.41) is 20.8. The lowest BCUT2D eigenvalue weighted by molar-refractivity contribution is 0.00190. The van der Waals surface area contributed by atoms with E-state index in [4.69, 9.17) is 25.8 Å². The minimum absolute atomic E-state index is 0.000437. The van der Waals surface area contributed by atoms with Crippen molar-refractivity contribution in [3.63, 3.8) is 0 Å². The van der Waals surface area contributed by atoms with Crippen LogP contribution in [0.25, 0.3) is 0 Å². The lowest BCUT2D eigenvalue weighted by atomic mass is 9.87. The highest BCUT2D eigenvalue weighted by molar-refractivity contribution is 6.29. The zero-order chi connectivity index (χ0) is 29.0. The lowest BCUT2D eigenvalue weighted by Gasteiger charge is -2.37. The second-order valence-electron chi connectivity index (χ2n) is 10.7. The van der Waals surface area contributed by atoms with Crippen molar-refractivity contribution in [3.05, 3.63) is 82.1 Å². The number of nitrogens with zero attached hydrogens (tertiary/aromatic N) is 2. The van der Waals surface area contributed by atoms with Gasteiger partial charge in [0.05, 0.1) is 19.8 Å². The van der Waals surface area contributed by atoms with Gasteiger partial charge in [-0.15, -0.1) is 0 Å². The van der Waals surface area contributed by atoms with Crippen molar-refractivity contribution >= 4 is 23.7 Å². The summed E-state index contributed by atoms with van der Waals surface area (Å²) in [5.41, 5.74) is 1.97. The number of aliphatic hydroxyl groups excluding tert-OH is 1. The standard InChI is InChI=1S/C30H33ClN2O7/c1-30(2,3)40-29(37)33(17-25(34)19-7-12-27(31)32-16-19)21-8-5-18-6-9-22(14-20(18)13-21)39-23-10-11-26(38-4)24(15-23)28(35)36/h6-7,9-12,14-16,21,25,34H,5,8,13,17H2,1-4H3,(H,35,36)/t21-,25-/m0/s1. The van der Waals surface area contributed by atoms with Gasteiger partial charge in [0.25, 0.3) is 0 Å². The van der Waals surface area contributed by atoms with Gasteiger partial charge in [-0.25, -0.2) is 14.6 Å². The molecule has 0 saturated heterocycles. The van der Waals surface area contributed by atoms with E-state index < -0.39 is 23.8 Å². The van der Waals surface area contributed by atoms with E-state index in [2.05, 4.69) is 4.98 Å². The number of carbonyl (C=O) groups excluding carboxylic acids is 1. The molecule has 40 heavy (non-hydrogen) atoms. The number of rotatable bonds is 8. The number of carboxylic acid groups (broad SMARTS) is 1. The number of carboxylic acids is 1. The maximum Gasteiger partial charge on any atom is 0.410 e. The number of hydrogen-bond acceptors (Lipinski definition) is 7. The van der Waals surface area contributed by atoms with Gasteiger partial charge in [-0.05, 0) is 87.6 Å². The highest BCUT2D eigenvalue weighted by Gasteiger charge is 2.33. The molecule has 0 saturated carbocycles. The first kappa shape index (κ1) is 29.2. The molecule has 2 atom stereocenters. The third-order valence-electron chi connectivity index (χ3n) is 6.59. The van der Waals surface area contributed by atoms with Crippen LogP contribution in [-0.2, 0) is 17.6 Å². The molecule has 0 bridgehead atoms. The minimum Gasteiger partial charge on any atom is -0.496 e. The number of hydrogen-bond donors (Lipinski definition) is 2. The Labute approximate surface area is 238 Å². The Morgan fingerprint density at radius 3 is 2.48 bits per heavy atom. The Morgan fingerprint density at radius 1 is 1.10 bits per heavy atom. The van der Waals surface area contributed by atoms with Gasteiger partial charge in [0.2, 0.25) is 0 Å². The fraction of sp³-hybridized carbons (Fsp3) is 0.367. The number of halogens is 1. The number of benzene rings is 2. The molecule has 3 aromatic rings. The molecule has 0 fully saturated rings. The van der Waals surface area contributed by atoms with Gasteiger partial charge in [0.1, 0.15) is 33.6 Å². The molecule has 2 N–H and O–H groups in total. The van der Waals surface area contributed by atoms with Crippen molar-refractivity contribution in [1.29, 1.82) is 0 Å². The summed E-state index contributed by atoms with van der Waals surface area (Å²) in [7, 11) is 1.41. The number of methoxy groups -OCH3 is 1. The number of amides is 1. The van der Waals surface area contributed by atoms with Crippen LogP contribution in [0.4, 0.5) is 4.79 Å². The summed E-state index contributed by atoms with van der Waals surface area (Å²) in [5.74, 6) is 0.0268. The van der Waals surface area contributed by atoms with E-state index in [9.17, 15) is 19.8 Å². The van der Waals surface area contributed by atoms with E-state index in [1.54, 1.807) is 49.9 Å². The molecule has 0 unspecified atom stereocenters. The molecule has 2 aromatic carbocycles. The molecule has 0 radical (unpaired) electrons.